The van der Waals surface area contributed by atoms with Gasteiger partial charge in [0.05, 0.1) is 6.42 Å². The number of H-pyrrole nitrogens is 1. The van der Waals surface area contributed by atoms with Crippen LogP contribution in [0.5, 0.6) is 0 Å². The number of fused-ring (bicyclic) bond motifs is 1. The fraction of sp³-hybridized carbons (Fsp3) is 0.278. The topological polar surface area (TPSA) is 82.7 Å². The van der Waals surface area contributed by atoms with Crippen LogP contribution in [0.2, 0.25) is 0 Å². The summed E-state index contributed by atoms with van der Waals surface area (Å²) < 4.78 is 0. The van der Waals surface area contributed by atoms with Crippen LogP contribution in [0.4, 0.5) is 5.95 Å². The second kappa shape index (κ2) is 6.31. The van der Waals surface area contributed by atoms with Crippen molar-refractivity contribution < 1.29 is 4.79 Å². The Kier molecular flexibility index (Phi) is 4.20. The van der Waals surface area contributed by atoms with Gasteiger partial charge in [-0.2, -0.15) is 0 Å². The number of benzene rings is 1. The largest absolute Gasteiger partial charge is 0.358 e. The van der Waals surface area contributed by atoms with E-state index in [1.807, 2.05) is 39.8 Å². The molecule has 1 amide bonds. The fourth-order valence-corrected chi connectivity index (χ4v) is 2.84. The highest BCUT2D eigenvalue weighted by molar-refractivity contribution is 5.90. The Morgan fingerprint density at radius 2 is 1.79 bits per heavy atom. The van der Waals surface area contributed by atoms with E-state index in [-0.39, 0.29) is 12.3 Å². The number of aromatic nitrogens is 3. The molecule has 24 heavy (non-hydrogen) atoms. The predicted octanol–water partition coefficient (Wildman–Crippen LogP) is 2.88. The van der Waals surface area contributed by atoms with Gasteiger partial charge in [-0.05, 0) is 51.5 Å². The maximum atomic E-state index is 12.3. The number of aryl methyl sites for hydroxylation is 4. The highest BCUT2D eigenvalue weighted by Crippen LogP contribution is 2.23. The van der Waals surface area contributed by atoms with Gasteiger partial charge in [0.2, 0.25) is 11.9 Å². The molecular weight excluding hydrogens is 302 g/mol. The van der Waals surface area contributed by atoms with Crippen LogP contribution in [0.1, 0.15) is 28.2 Å². The molecule has 3 aromatic rings. The molecule has 3 N–H and O–H groups in total. The molecule has 0 aliphatic carbocycles. The third-order valence-corrected chi connectivity index (χ3v) is 3.91. The van der Waals surface area contributed by atoms with Crippen molar-refractivity contribution in [3.8, 4) is 0 Å². The first-order chi connectivity index (χ1) is 11.4. The summed E-state index contributed by atoms with van der Waals surface area (Å²) >= 11 is 0. The number of nitrogens with zero attached hydrogens (tertiary/aromatic N) is 2. The smallest absolute Gasteiger partial charge is 0.242 e. The maximum absolute atomic E-state index is 12.3. The summed E-state index contributed by atoms with van der Waals surface area (Å²) in [6, 6.07) is 8.08. The summed E-state index contributed by atoms with van der Waals surface area (Å²) in [4.78, 5) is 24.1. The molecule has 0 aliphatic heterocycles. The Hall–Kier alpha value is -2.89. The molecule has 0 aliphatic rings. The number of hydrogen-bond acceptors (Lipinski definition) is 4. The number of amides is 1. The Morgan fingerprint density at radius 1 is 1.08 bits per heavy atom. The molecule has 0 saturated carbocycles. The van der Waals surface area contributed by atoms with Crippen molar-refractivity contribution in [2.75, 3.05) is 5.43 Å². The number of carbonyl (C=O) groups excluding carboxylic acids is 1. The van der Waals surface area contributed by atoms with Crippen molar-refractivity contribution in [2.24, 2.45) is 0 Å². The Morgan fingerprint density at radius 3 is 2.50 bits per heavy atom. The first kappa shape index (κ1) is 16.0. The summed E-state index contributed by atoms with van der Waals surface area (Å²) in [5.41, 5.74) is 11.4. The Labute approximate surface area is 140 Å². The lowest BCUT2D eigenvalue weighted by Gasteiger charge is -2.08. The SMILES string of the molecule is Cc1ccc2[nH]c(C)c(CC(=O)NNc3nc(C)cc(C)n3)c2c1. The first-order valence-corrected chi connectivity index (χ1v) is 7.87. The quantitative estimate of drug-likeness (QED) is 0.645. The van der Waals surface area contributed by atoms with E-state index in [0.29, 0.717) is 5.95 Å². The minimum Gasteiger partial charge on any atom is -0.358 e. The van der Waals surface area contributed by atoms with Crippen molar-refractivity contribution in [1.29, 1.82) is 0 Å². The van der Waals surface area contributed by atoms with Gasteiger partial charge in [0, 0.05) is 28.0 Å². The second-order valence-corrected chi connectivity index (χ2v) is 6.10. The van der Waals surface area contributed by atoms with E-state index in [1.165, 1.54) is 5.56 Å². The summed E-state index contributed by atoms with van der Waals surface area (Å²) in [6.45, 7) is 7.81. The van der Waals surface area contributed by atoms with Gasteiger partial charge >= 0.3 is 0 Å². The number of hydrogen-bond donors (Lipinski definition) is 3. The minimum atomic E-state index is -0.136. The number of hydrazine groups is 1. The highest BCUT2D eigenvalue weighted by atomic mass is 16.2. The number of rotatable bonds is 4. The third kappa shape index (κ3) is 3.37. The van der Waals surface area contributed by atoms with E-state index >= 15 is 0 Å². The molecule has 0 saturated heterocycles. The van der Waals surface area contributed by atoms with Gasteiger partial charge < -0.3 is 4.98 Å². The zero-order chi connectivity index (χ0) is 17.3. The summed E-state index contributed by atoms with van der Waals surface area (Å²) in [5, 5.41) is 1.09. The summed E-state index contributed by atoms with van der Waals surface area (Å²) in [7, 11) is 0. The van der Waals surface area contributed by atoms with Gasteiger partial charge in [-0.1, -0.05) is 11.6 Å². The highest BCUT2D eigenvalue weighted by Gasteiger charge is 2.13. The van der Waals surface area contributed by atoms with Gasteiger partial charge in [0.25, 0.3) is 0 Å². The molecule has 0 atom stereocenters. The third-order valence-electron chi connectivity index (χ3n) is 3.91. The Balaban J connectivity index is 1.73. The van der Waals surface area contributed by atoms with Crippen LogP contribution in [0, 0.1) is 27.7 Å². The molecule has 6 nitrogen and oxygen atoms in total. The van der Waals surface area contributed by atoms with Crippen LogP contribution < -0.4 is 10.9 Å². The molecule has 0 radical (unpaired) electrons. The maximum Gasteiger partial charge on any atom is 0.242 e. The summed E-state index contributed by atoms with van der Waals surface area (Å²) in [6.07, 6.45) is 0.285. The minimum absolute atomic E-state index is 0.136. The van der Waals surface area contributed by atoms with Crippen molar-refractivity contribution in [3.05, 3.63) is 52.5 Å². The van der Waals surface area contributed by atoms with Crippen LogP contribution in [-0.4, -0.2) is 20.9 Å². The van der Waals surface area contributed by atoms with Gasteiger partial charge in [0.1, 0.15) is 0 Å². The lowest BCUT2D eigenvalue weighted by Crippen LogP contribution is -2.31. The van der Waals surface area contributed by atoms with Crippen molar-refractivity contribution >= 4 is 22.8 Å². The molecule has 6 heteroatoms. The molecule has 0 unspecified atom stereocenters. The molecule has 0 fully saturated rings. The predicted molar refractivity (Wildman–Crippen MR) is 94.7 cm³/mol. The summed E-state index contributed by atoms with van der Waals surface area (Å²) in [5.74, 6) is 0.260. The second-order valence-electron chi connectivity index (χ2n) is 6.10. The van der Waals surface area contributed by atoms with Crippen LogP contribution >= 0.6 is 0 Å². The zero-order valence-corrected chi connectivity index (χ0v) is 14.3. The van der Waals surface area contributed by atoms with Crippen molar-refractivity contribution in [2.45, 2.75) is 34.1 Å². The van der Waals surface area contributed by atoms with E-state index in [1.54, 1.807) is 0 Å². The van der Waals surface area contributed by atoms with E-state index in [2.05, 4.69) is 37.9 Å². The molecule has 2 heterocycles. The lowest BCUT2D eigenvalue weighted by molar-refractivity contribution is -0.119. The number of aromatic amines is 1. The van der Waals surface area contributed by atoms with Crippen molar-refractivity contribution in [3.63, 3.8) is 0 Å². The first-order valence-electron chi connectivity index (χ1n) is 7.87. The molecule has 0 bridgehead atoms. The van der Waals surface area contributed by atoms with Crippen LogP contribution in [0.3, 0.4) is 0 Å². The standard InChI is InChI=1S/C18H21N5O/c1-10-5-6-16-15(7-10)14(13(4)21-16)9-17(24)22-23-18-19-11(2)8-12(3)20-18/h5-8,21H,9H2,1-4H3,(H,22,24)(H,19,20,23). The molecule has 124 valence electrons. The van der Waals surface area contributed by atoms with E-state index in [4.69, 9.17) is 0 Å². The van der Waals surface area contributed by atoms with E-state index < -0.39 is 0 Å². The molecule has 3 rings (SSSR count). The number of carbonyl (C=O) groups is 1. The fourth-order valence-electron chi connectivity index (χ4n) is 2.84. The van der Waals surface area contributed by atoms with Crippen molar-refractivity contribution in [1.82, 2.24) is 20.4 Å². The molecule has 2 aromatic heterocycles. The lowest BCUT2D eigenvalue weighted by atomic mass is 10.1. The number of anilines is 1. The van der Waals surface area contributed by atoms with Gasteiger partial charge in [-0.15, -0.1) is 0 Å². The Bertz CT molecular complexity index is 893. The monoisotopic (exact) mass is 323 g/mol. The van der Waals surface area contributed by atoms with E-state index in [9.17, 15) is 4.79 Å². The van der Waals surface area contributed by atoms with Gasteiger partial charge in [-0.3, -0.25) is 15.6 Å². The molecule has 0 spiro atoms. The molecule has 1 aromatic carbocycles. The normalized spacial score (nSPS) is 10.8. The van der Waals surface area contributed by atoms with Gasteiger partial charge in [0.15, 0.2) is 0 Å². The van der Waals surface area contributed by atoms with E-state index in [0.717, 1.165) is 33.5 Å². The van der Waals surface area contributed by atoms with Crippen LogP contribution in [0.25, 0.3) is 10.9 Å². The zero-order valence-electron chi connectivity index (χ0n) is 14.3. The average Bonchev–Trinajstić information content (AvgIpc) is 2.80. The van der Waals surface area contributed by atoms with Crippen LogP contribution in [-0.2, 0) is 11.2 Å². The van der Waals surface area contributed by atoms with Crippen LogP contribution in [0.15, 0.2) is 24.3 Å². The van der Waals surface area contributed by atoms with Gasteiger partial charge in [-0.25, -0.2) is 9.97 Å². The average molecular weight is 323 g/mol. The number of nitrogens with one attached hydrogen (secondary N) is 3. The molecular formula is C18H21N5O.